The number of halogens is 2. The predicted octanol–water partition coefficient (Wildman–Crippen LogP) is 2.87. The largest absolute Gasteiger partial charge is 0.350 e. The zero-order chi connectivity index (χ0) is 16.8. The van der Waals surface area contributed by atoms with E-state index in [0.717, 1.165) is 5.56 Å². The summed E-state index contributed by atoms with van der Waals surface area (Å²) in [4.78, 5) is 24.2. The van der Waals surface area contributed by atoms with Crippen molar-refractivity contribution in [3.8, 4) is 0 Å². The van der Waals surface area contributed by atoms with Crippen LogP contribution >= 0.6 is 22.6 Å². The lowest BCUT2D eigenvalue weighted by molar-refractivity contribution is -0.122. The lowest BCUT2D eigenvalue weighted by atomic mass is 10.2. The van der Waals surface area contributed by atoms with Gasteiger partial charge in [-0.3, -0.25) is 9.59 Å². The topological polar surface area (TPSA) is 58.2 Å². The number of carbonyl (C=O) groups is 2. The fourth-order valence-corrected chi connectivity index (χ4v) is 2.67. The zero-order valence-corrected chi connectivity index (χ0v) is 14.6. The SMILES string of the molecule is CC(NC(=O)c1ccc(F)cc1I)C(=O)NCc1ccccc1. The smallest absolute Gasteiger partial charge is 0.252 e. The molecule has 0 saturated heterocycles. The van der Waals surface area contributed by atoms with Crippen LogP contribution in [-0.4, -0.2) is 17.9 Å². The van der Waals surface area contributed by atoms with Crippen LogP contribution in [0.2, 0.25) is 0 Å². The number of nitrogens with one attached hydrogen (secondary N) is 2. The van der Waals surface area contributed by atoms with Crippen molar-refractivity contribution in [2.24, 2.45) is 0 Å². The molecule has 0 aliphatic carbocycles. The van der Waals surface area contributed by atoms with E-state index in [-0.39, 0.29) is 5.91 Å². The van der Waals surface area contributed by atoms with Crippen molar-refractivity contribution < 1.29 is 14.0 Å². The van der Waals surface area contributed by atoms with Crippen LogP contribution in [0, 0.1) is 9.39 Å². The van der Waals surface area contributed by atoms with E-state index in [1.165, 1.54) is 18.2 Å². The Morgan fingerprint density at radius 1 is 1.17 bits per heavy atom. The van der Waals surface area contributed by atoms with E-state index in [4.69, 9.17) is 0 Å². The minimum absolute atomic E-state index is 0.278. The molecule has 2 N–H and O–H groups in total. The maximum Gasteiger partial charge on any atom is 0.252 e. The zero-order valence-electron chi connectivity index (χ0n) is 12.5. The third-order valence-electron chi connectivity index (χ3n) is 3.23. The van der Waals surface area contributed by atoms with Crippen LogP contribution in [0.4, 0.5) is 4.39 Å². The summed E-state index contributed by atoms with van der Waals surface area (Å²) in [6, 6.07) is 12.7. The molecular weight excluding hydrogens is 410 g/mol. The number of hydrogen-bond donors (Lipinski definition) is 2. The normalized spacial score (nSPS) is 11.6. The molecule has 0 aliphatic heterocycles. The molecule has 0 radical (unpaired) electrons. The van der Waals surface area contributed by atoms with Crippen LogP contribution in [0.15, 0.2) is 48.5 Å². The number of carbonyl (C=O) groups excluding carboxylic acids is 2. The molecule has 0 aromatic heterocycles. The molecule has 1 unspecified atom stereocenters. The Kier molecular flexibility index (Phi) is 6.09. The molecule has 0 saturated carbocycles. The number of amides is 2. The van der Waals surface area contributed by atoms with Gasteiger partial charge in [0.1, 0.15) is 11.9 Å². The highest BCUT2D eigenvalue weighted by Crippen LogP contribution is 2.14. The van der Waals surface area contributed by atoms with E-state index in [1.807, 2.05) is 52.9 Å². The molecule has 0 bridgehead atoms. The summed E-state index contributed by atoms with van der Waals surface area (Å²) < 4.78 is 13.6. The van der Waals surface area contributed by atoms with Gasteiger partial charge in [0, 0.05) is 10.1 Å². The van der Waals surface area contributed by atoms with Crippen LogP contribution in [0.3, 0.4) is 0 Å². The first-order valence-corrected chi connectivity index (χ1v) is 8.13. The van der Waals surface area contributed by atoms with Gasteiger partial charge >= 0.3 is 0 Å². The fraction of sp³-hybridized carbons (Fsp3) is 0.176. The minimum atomic E-state index is -0.688. The number of benzene rings is 2. The summed E-state index contributed by atoms with van der Waals surface area (Å²) >= 11 is 1.89. The molecule has 0 heterocycles. The summed E-state index contributed by atoms with van der Waals surface area (Å²) in [7, 11) is 0. The summed E-state index contributed by atoms with van der Waals surface area (Å²) in [5.74, 6) is -1.09. The molecule has 0 spiro atoms. The number of rotatable bonds is 5. The Morgan fingerprint density at radius 2 is 1.87 bits per heavy atom. The maximum absolute atomic E-state index is 13.1. The molecule has 6 heteroatoms. The van der Waals surface area contributed by atoms with E-state index >= 15 is 0 Å². The summed E-state index contributed by atoms with van der Waals surface area (Å²) in [6.45, 7) is 2.00. The van der Waals surface area contributed by atoms with Crippen LogP contribution in [0.25, 0.3) is 0 Å². The summed E-state index contributed by atoms with van der Waals surface area (Å²) in [5.41, 5.74) is 1.32. The van der Waals surface area contributed by atoms with Crippen molar-refractivity contribution >= 4 is 34.4 Å². The van der Waals surface area contributed by atoms with Crippen molar-refractivity contribution in [1.29, 1.82) is 0 Å². The molecule has 2 rings (SSSR count). The third kappa shape index (κ3) is 5.02. The monoisotopic (exact) mass is 426 g/mol. The lowest BCUT2D eigenvalue weighted by Gasteiger charge is -2.15. The first kappa shape index (κ1) is 17.4. The van der Waals surface area contributed by atoms with E-state index in [9.17, 15) is 14.0 Å². The molecule has 23 heavy (non-hydrogen) atoms. The van der Waals surface area contributed by atoms with E-state index in [0.29, 0.717) is 15.7 Å². The Morgan fingerprint density at radius 3 is 2.52 bits per heavy atom. The Labute approximate surface area is 147 Å². The molecule has 2 aromatic rings. The van der Waals surface area contributed by atoms with Gasteiger partial charge in [-0.15, -0.1) is 0 Å². The van der Waals surface area contributed by atoms with Crippen molar-refractivity contribution in [2.45, 2.75) is 19.5 Å². The average molecular weight is 426 g/mol. The van der Waals surface area contributed by atoms with E-state index < -0.39 is 17.8 Å². The molecule has 1 atom stereocenters. The first-order valence-electron chi connectivity index (χ1n) is 7.05. The van der Waals surface area contributed by atoms with Crippen LogP contribution in [-0.2, 0) is 11.3 Å². The van der Waals surface area contributed by atoms with Crippen molar-refractivity contribution in [3.63, 3.8) is 0 Å². The maximum atomic E-state index is 13.1. The Bertz CT molecular complexity index is 707. The average Bonchev–Trinajstić information content (AvgIpc) is 2.53. The van der Waals surface area contributed by atoms with E-state index in [1.54, 1.807) is 6.92 Å². The van der Waals surface area contributed by atoms with Crippen LogP contribution in [0.1, 0.15) is 22.8 Å². The van der Waals surface area contributed by atoms with Crippen LogP contribution < -0.4 is 10.6 Å². The molecular formula is C17H16FIN2O2. The minimum Gasteiger partial charge on any atom is -0.350 e. The van der Waals surface area contributed by atoms with Crippen LogP contribution in [0.5, 0.6) is 0 Å². The first-order chi connectivity index (χ1) is 11.0. The molecule has 120 valence electrons. The third-order valence-corrected chi connectivity index (χ3v) is 4.12. The highest BCUT2D eigenvalue weighted by atomic mass is 127. The predicted molar refractivity (Wildman–Crippen MR) is 94.3 cm³/mol. The highest BCUT2D eigenvalue weighted by molar-refractivity contribution is 14.1. The molecule has 2 aromatic carbocycles. The summed E-state index contributed by atoms with van der Waals surface area (Å²) in [6.07, 6.45) is 0. The van der Waals surface area contributed by atoms with Crippen molar-refractivity contribution in [2.75, 3.05) is 0 Å². The van der Waals surface area contributed by atoms with Gasteiger partial charge in [-0.2, -0.15) is 0 Å². The standard InChI is InChI=1S/C17H16FIN2O2/c1-11(16(22)20-10-12-5-3-2-4-6-12)21-17(23)14-8-7-13(18)9-15(14)19/h2-9,11H,10H2,1H3,(H,20,22)(H,21,23). The van der Waals surface area contributed by atoms with E-state index in [2.05, 4.69) is 10.6 Å². The van der Waals surface area contributed by atoms with Gasteiger partial charge in [-0.05, 0) is 53.3 Å². The van der Waals surface area contributed by atoms with Gasteiger partial charge < -0.3 is 10.6 Å². The quantitative estimate of drug-likeness (QED) is 0.723. The molecule has 2 amide bonds. The van der Waals surface area contributed by atoms with Crippen molar-refractivity contribution in [1.82, 2.24) is 10.6 Å². The van der Waals surface area contributed by atoms with Gasteiger partial charge in [0.2, 0.25) is 5.91 Å². The second-order valence-electron chi connectivity index (χ2n) is 5.02. The number of hydrogen-bond acceptors (Lipinski definition) is 2. The van der Waals surface area contributed by atoms with Gasteiger partial charge in [0.05, 0.1) is 5.56 Å². The molecule has 0 aliphatic rings. The van der Waals surface area contributed by atoms with Gasteiger partial charge in [0.25, 0.3) is 5.91 Å². The van der Waals surface area contributed by atoms with Gasteiger partial charge in [-0.1, -0.05) is 30.3 Å². The Balaban J connectivity index is 1.91. The second-order valence-corrected chi connectivity index (χ2v) is 6.18. The molecule has 0 fully saturated rings. The fourth-order valence-electron chi connectivity index (χ4n) is 1.95. The van der Waals surface area contributed by atoms with Gasteiger partial charge in [-0.25, -0.2) is 4.39 Å². The molecule has 4 nitrogen and oxygen atoms in total. The summed E-state index contributed by atoms with van der Waals surface area (Å²) in [5, 5.41) is 5.38. The van der Waals surface area contributed by atoms with Crippen molar-refractivity contribution in [3.05, 3.63) is 69.0 Å². The van der Waals surface area contributed by atoms with Gasteiger partial charge in [0.15, 0.2) is 0 Å². The Hall–Kier alpha value is -1.96. The highest BCUT2D eigenvalue weighted by Gasteiger charge is 2.18. The second kappa shape index (κ2) is 8.05. The lowest BCUT2D eigenvalue weighted by Crippen LogP contribution is -2.44.